The lowest BCUT2D eigenvalue weighted by Gasteiger charge is -2.11. The lowest BCUT2D eigenvalue weighted by atomic mass is 10.1. The highest BCUT2D eigenvalue weighted by Gasteiger charge is 2.01. The van der Waals surface area contributed by atoms with E-state index in [1.54, 1.807) is 0 Å². The number of nitrogens with one attached hydrogen (secondary N) is 1. The molecule has 2 rings (SSSR count). The van der Waals surface area contributed by atoms with Crippen LogP contribution in [0.3, 0.4) is 0 Å². The highest BCUT2D eigenvalue weighted by molar-refractivity contribution is 6.33. The molecule has 0 bridgehead atoms. The molecule has 17 heavy (non-hydrogen) atoms. The Kier molecular flexibility index (Phi) is 3.70. The second-order valence-corrected chi connectivity index (χ2v) is 4.67. The molecule has 0 heterocycles. The minimum absolute atomic E-state index is 0.762. The van der Waals surface area contributed by atoms with E-state index in [0.29, 0.717) is 0 Å². The number of rotatable bonds is 3. The van der Waals surface area contributed by atoms with Gasteiger partial charge in [0.2, 0.25) is 0 Å². The minimum atomic E-state index is 0.762. The van der Waals surface area contributed by atoms with E-state index in [9.17, 15) is 0 Å². The summed E-state index contributed by atoms with van der Waals surface area (Å²) in [4.78, 5) is 0. The van der Waals surface area contributed by atoms with Gasteiger partial charge in [0.05, 0.1) is 10.7 Å². The van der Waals surface area contributed by atoms with Crippen LogP contribution in [0.5, 0.6) is 0 Å². The van der Waals surface area contributed by atoms with Crippen LogP contribution < -0.4 is 5.32 Å². The summed E-state index contributed by atoms with van der Waals surface area (Å²) < 4.78 is 0. The van der Waals surface area contributed by atoms with E-state index in [1.807, 2.05) is 24.3 Å². The third-order valence-electron chi connectivity index (χ3n) is 2.85. The summed E-state index contributed by atoms with van der Waals surface area (Å²) >= 11 is 6.10. The largest absolute Gasteiger partial charge is 0.380 e. The molecule has 2 heteroatoms. The molecule has 0 saturated carbocycles. The van der Waals surface area contributed by atoms with Gasteiger partial charge < -0.3 is 5.32 Å². The second-order valence-electron chi connectivity index (χ2n) is 4.26. The summed E-state index contributed by atoms with van der Waals surface area (Å²) in [5, 5.41) is 4.13. The van der Waals surface area contributed by atoms with Gasteiger partial charge in [-0.1, -0.05) is 47.5 Å². The average molecular weight is 246 g/mol. The highest BCUT2D eigenvalue weighted by atomic mass is 35.5. The van der Waals surface area contributed by atoms with E-state index >= 15 is 0 Å². The number of hydrogen-bond acceptors (Lipinski definition) is 1. The van der Waals surface area contributed by atoms with E-state index in [0.717, 1.165) is 17.3 Å². The predicted octanol–water partition coefficient (Wildman–Crippen LogP) is 4.57. The molecule has 0 unspecified atom stereocenters. The lowest BCUT2D eigenvalue weighted by Crippen LogP contribution is -2.02. The van der Waals surface area contributed by atoms with Crippen LogP contribution in [0.4, 0.5) is 5.69 Å². The average Bonchev–Trinajstić information content (AvgIpc) is 2.32. The Hall–Kier alpha value is -1.47. The van der Waals surface area contributed by atoms with Gasteiger partial charge >= 0.3 is 0 Å². The Labute approximate surface area is 107 Å². The van der Waals surface area contributed by atoms with Crippen LogP contribution >= 0.6 is 11.6 Å². The van der Waals surface area contributed by atoms with Crippen LogP contribution in [-0.4, -0.2) is 0 Å². The van der Waals surface area contributed by atoms with Crippen molar-refractivity contribution in [3.8, 4) is 0 Å². The topological polar surface area (TPSA) is 12.0 Å². The summed E-state index contributed by atoms with van der Waals surface area (Å²) in [5.74, 6) is 0. The zero-order valence-electron chi connectivity index (χ0n) is 10.1. The van der Waals surface area contributed by atoms with Crippen LogP contribution in [0.2, 0.25) is 5.02 Å². The van der Waals surface area contributed by atoms with Gasteiger partial charge in [0, 0.05) is 6.54 Å². The van der Waals surface area contributed by atoms with E-state index in [-0.39, 0.29) is 0 Å². The van der Waals surface area contributed by atoms with E-state index < -0.39 is 0 Å². The summed E-state index contributed by atoms with van der Waals surface area (Å²) in [7, 11) is 0. The monoisotopic (exact) mass is 245 g/mol. The standard InChI is InChI=1S/C15H16ClN/c1-11-7-8-12(2)13(9-11)10-17-15-6-4-3-5-14(15)16/h3-9,17H,10H2,1-2H3. The molecular formula is C15H16ClN. The Morgan fingerprint density at radius 1 is 1.06 bits per heavy atom. The molecule has 0 fully saturated rings. The van der Waals surface area contributed by atoms with Crippen molar-refractivity contribution in [1.82, 2.24) is 0 Å². The molecular weight excluding hydrogens is 230 g/mol. The number of benzene rings is 2. The van der Waals surface area contributed by atoms with Gasteiger partial charge in [-0.05, 0) is 37.1 Å². The van der Waals surface area contributed by atoms with E-state index in [4.69, 9.17) is 11.6 Å². The first-order chi connectivity index (χ1) is 8.16. The van der Waals surface area contributed by atoms with Crippen molar-refractivity contribution in [2.75, 3.05) is 5.32 Å². The number of hydrogen-bond donors (Lipinski definition) is 1. The molecule has 0 spiro atoms. The van der Waals surface area contributed by atoms with Crippen LogP contribution in [0.25, 0.3) is 0 Å². The van der Waals surface area contributed by atoms with Crippen molar-refractivity contribution in [3.05, 3.63) is 64.2 Å². The SMILES string of the molecule is Cc1ccc(C)c(CNc2ccccc2Cl)c1. The maximum absolute atomic E-state index is 6.10. The van der Waals surface area contributed by atoms with Gasteiger partial charge in [0.15, 0.2) is 0 Å². The quantitative estimate of drug-likeness (QED) is 0.835. The molecule has 0 aliphatic heterocycles. The summed E-state index contributed by atoms with van der Waals surface area (Å²) in [6.07, 6.45) is 0. The zero-order valence-corrected chi connectivity index (χ0v) is 10.9. The maximum atomic E-state index is 6.10. The lowest BCUT2D eigenvalue weighted by molar-refractivity contribution is 1.11. The molecule has 2 aromatic rings. The number of aryl methyl sites for hydroxylation is 2. The van der Waals surface area contributed by atoms with Crippen molar-refractivity contribution >= 4 is 17.3 Å². The Morgan fingerprint density at radius 2 is 1.82 bits per heavy atom. The second kappa shape index (κ2) is 5.24. The van der Waals surface area contributed by atoms with Gasteiger partial charge in [-0.3, -0.25) is 0 Å². The highest BCUT2D eigenvalue weighted by Crippen LogP contribution is 2.21. The first-order valence-electron chi connectivity index (χ1n) is 5.71. The Balaban J connectivity index is 2.12. The molecule has 0 aromatic heterocycles. The molecule has 1 nitrogen and oxygen atoms in total. The van der Waals surface area contributed by atoms with Crippen molar-refractivity contribution < 1.29 is 0 Å². The van der Waals surface area contributed by atoms with E-state index in [2.05, 4.69) is 37.4 Å². The Morgan fingerprint density at radius 3 is 2.59 bits per heavy atom. The maximum Gasteiger partial charge on any atom is 0.0637 e. The molecule has 1 N–H and O–H groups in total. The third-order valence-corrected chi connectivity index (χ3v) is 3.18. The van der Waals surface area contributed by atoms with Crippen molar-refractivity contribution in [2.24, 2.45) is 0 Å². The fraction of sp³-hybridized carbons (Fsp3) is 0.200. The summed E-state index contributed by atoms with van der Waals surface area (Å²) in [5.41, 5.74) is 4.88. The molecule has 0 atom stereocenters. The van der Waals surface area contributed by atoms with Gasteiger partial charge in [-0.25, -0.2) is 0 Å². The molecule has 0 radical (unpaired) electrons. The third kappa shape index (κ3) is 3.01. The number of halogens is 1. The van der Waals surface area contributed by atoms with Gasteiger partial charge in [0.1, 0.15) is 0 Å². The van der Waals surface area contributed by atoms with Gasteiger partial charge in [-0.15, -0.1) is 0 Å². The Bertz CT molecular complexity index is 520. The molecule has 0 aliphatic rings. The van der Waals surface area contributed by atoms with Gasteiger partial charge in [0.25, 0.3) is 0 Å². The minimum Gasteiger partial charge on any atom is -0.380 e. The molecule has 88 valence electrons. The molecule has 2 aromatic carbocycles. The van der Waals surface area contributed by atoms with Crippen molar-refractivity contribution in [2.45, 2.75) is 20.4 Å². The fourth-order valence-electron chi connectivity index (χ4n) is 1.79. The van der Waals surface area contributed by atoms with Crippen molar-refractivity contribution in [1.29, 1.82) is 0 Å². The first-order valence-corrected chi connectivity index (χ1v) is 6.09. The number of para-hydroxylation sites is 1. The zero-order chi connectivity index (χ0) is 12.3. The normalized spacial score (nSPS) is 10.3. The smallest absolute Gasteiger partial charge is 0.0637 e. The molecule has 0 amide bonds. The summed E-state index contributed by atoms with van der Waals surface area (Å²) in [6.45, 7) is 5.04. The van der Waals surface area contributed by atoms with E-state index in [1.165, 1.54) is 16.7 Å². The van der Waals surface area contributed by atoms with Gasteiger partial charge in [-0.2, -0.15) is 0 Å². The number of anilines is 1. The van der Waals surface area contributed by atoms with Crippen LogP contribution in [0.15, 0.2) is 42.5 Å². The summed E-state index contributed by atoms with van der Waals surface area (Å²) in [6, 6.07) is 14.3. The first kappa shape index (κ1) is 12.0. The molecule has 0 aliphatic carbocycles. The van der Waals surface area contributed by atoms with Crippen LogP contribution in [-0.2, 0) is 6.54 Å². The molecule has 0 saturated heterocycles. The van der Waals surface area contributed by atoms with Crippen LogP contribution in [0.1, 0.15) is 16.7 Å². The van der Waals surface area contributed by atoms with Crippen molar-refractivity contribution in [3.63, 3.8) is 0 Å². The predicted molar refractivity (Wildman–Crippen MR) is 74.7 cm³/mol. The fourth-order valence-corrected chi connectivity index (χ4v) is 1.99. The van der Waals surface area contributed by atoms with Crippen LogP contribution in [0, 0.1) is 13.8 Å².